The van der Waals surface area contributed by atoms with Crippen LogP contribution < -0.4 is 10.6 Å². The van der Waals surface area contributed by atoms with E-state index in [2.05, 4.69) is 15.6 Å². The maximum atomic E-state index is 12.3. The minimum Gasteiger partial charge on any atom is -0.492 e. The van der Waals surface area contributed by atoms with E-state index in [1.165, 1.54) is 43.4 Å². The highest BCUT2D eigenvalue weighted by molar-refractivity contribution is 7.15. The highest BCUT2D eigenvalue weighted by atomic mass is 35.5. The summed E-state index contributed by atoms with van der Waals surface area (Å²) in [5, 5.41) is 18.1. The number of anilines is 1. The number of hydrogen-bond acceptors (Lipinski definition) is 5. The summed E-state index contributed by atoms with van der Waals surface area (Å²) in [4.78, 5) is 17.4. The fourth-order valence-corrected chi connectivity index (χ4v) is 6.99. The van der Waals surface area contributed by atoms with Gasteiger partial charge in [0.2, 0.25) is 5.88 Å². The highest BCUT2D eigenvalue weighted by Crippen LogP contribution is 2.61. The molecule has 0 radical (unpaired) electrons. The van der Waals surface area contributed by atoms with Crippen LogP contribution in [0.4, 0.5) is 5.13 Å². The Morgan fingerprint density at radius 1 is 1.25 bits per heavy atom. The van der Waals surface area contributed by atoms with E-state index in [-0.39, 0.29) is 17.3 Å². The van der Waals surface area contributed by atoms with Gasteiger partial charge in [-0.1, -0.05) is 35.1 Å². The molecule has 6 rings (SSSR count). The molecule has 2 unspecified atom stereocenters. The predicted molar refractivity (Wildman–Crippen MR) is 111 cm³/mol. The summed E-state index contributed by atoms with van der Waals surface area (Å²) in [6.45, 7) is 0.428. The number of rotatable bonds is 6. The van der Waals surface area contributed by atoms with E-state index in [4.69, 9.17) is 11.6 Å². The lowest BCUT2D eigenvalue weighted by atomic mass is 9.80. The fourth-order valence-electron chi connectivity index (χ4n) is 5.80. The second kappa shape index (κ2) is 6.92. The smallest absolute Gasteiger partial charge is 0.252 e. The summed E-state index contributed by atoms with van der Waals surface area (Å²) in [7, 11) is 0. The van der Waals surface area contributed by atoms with E-state index < -0.39 is 0 Å². The molecular formula is C21H24ClN3O2S. The number of nitrogens with one attached hydrogen (secondary N) is 2. The summed E-state index contributed by atoms with van der Waals surface area (Å²) in [6, 6.07) is 6.99. The number of carbonyl (C=O) groups is 1. The van der Waals surface area contributed by atoms with Crippen molar-refractivity contribution in [2.45, 2.75) is 44.1 Å². The van der Waals surface area contributed by atoms with E-state index in [1.807, 2.05) is 0 Å². The highest BCUT2D eigenvalue weighted by Gasteiger charge is 2.58. The molecule has 0 saturated heterocycles. The summed E-state index contributed by atoms with van der Waals surface area (Å²) >= 11 is 7.57. The van der Waals surface area contributed by atoms with Crippen molar-refractivity contribution in [3.05, 3.63) is 39.7 Å². The van der Waals surface area contributed by atoms with Crippen molar-refractivity contribution in [2.24, 2.45) is 17.8 Å². The average molecular weight is 418 g/mol. The zero-order valence-corrected chi connectivity index (χ0v) is 17.2. The van der Waals surface area contributed by atoms with Crippen LogP contribution in [-0.4, -0.2) is 28.1 Å². The van der Waals surface area contributed by atoms with Crippen LogP contribution in [0.25, 0.3) is 0 Å². The summed E-state index contributed by atoms with van der Waals surface area (Å²) in [5.74, 6) is 2.39. The molecule has 4 saturated carbocycles. The molecule has 0 spiro atoms. The van der Waals surface area contributed by atoms with E-state index in [0.29, 0.717) is 23.6 Å². The van der Waals surface area contributed by atoms with Gasteiger partial charge in [-0.15, -0.1) is 0 Å². The van der Waals surface area contributed by atoms with Gasteiger partial charge < -0.3 is 15.7 Å². The molecule has 2 atom stereocenters. The van der Waals surface area contributed by atoms with Gasteiger partial charge >= 0.3 is 0 Å². The first-order valence-electron chi connectivity index (χ1n) is 10.0. The molecule has 5 nitrogen and oxygen atoms in total. The van der Waals surface area contributed by atoms with Gasteiger partial charge in [-0.2, -0.15) is 4.98 Å². The van der Waals surface area contributed by atoms with Gasteiger partial charge in [0, 0.05) is 18.5 Å². The number of thiazole rings is 1. The van der Waals surface area contributed by atoms with Crippen molar-refractivity contribution in [2.75, 3.05) is 11.9 Å². The van der Waals surface area contributed by atoms with Crippen LogP contribution in [0.1, 0.15) is 47.3 Å². The van der Waals surface area contributed by atoms with Gasteiger partial charge in [-0.25, -0.2) is 0 Å². The molecular weight excluding hydrogens is 394 g/mol. The first-order chi connectivity index (χ1) is 13.5. The number of carbonyl (C=O) groups excluding carboxylic acids is 1. The third-order valence-electron chi connectivity index (χ3n) is 6.78. The molecule has 1 heterocycles. The lowest BCUT2D eigenvalue weighted by Crippen LogP contribution is -2.39. The van der Waals surface area contributed by atoms with Gasteiger partial charge in [0.1, 0.15) is 0 Å². The molecule has 4 bridgehead atoms. The molecule has 4 aliphatic rings. The van der Waals surface area contributed by atoms with Gasteiger partial charge in [0.05, 0.1) is 15.5 Å². The van der Waals surface area contributed by atoms with Crippen molar-refractivity contribution in [1.29, 1.82) is 0 Å². The Morgan fingerprint density at radius 2 is 2.00 bits per heavy atom. The van der Waals surface area contributed by atoms with Gasteiger partial charge in [-0.05, 0) is 62.0 Å². The van der Waals surface area contributed by atoms with E-state index in [1.54, 1.807) is 24.3 Å². The summed E-state index contributed by atoms with van der Waals surface area (Å²) in [5.41, 5.74) is 0.666. The number of aromatic nitrogens is 1. The minimum atomic E-state index is -0.203. The van der Waals surface area contributed by atoms with Crippen LogP contribution in [-0.2, 0) is 6.42 Å². The molecule has 7 heteroatoms. The molecule has 28 heavy (non-hydrogen) atoms. The number of benzene rings is 1. The maximum absolute atomic E-state index is 12.3. The molecule has 4 fully saturated rings. The quantitative estimate of drug-likeness (QED) is 0.648. The standard InChI is InChI=1S/C21H24ClN3O2S/c22-16-4-2-1-3-15(16)18(26)23-6-5-17-19(27)24-20(28-17)25-21-10-12-7-13(11-21)9-14(21)8-12/h1-4,12-14,27H,5-11H2,(H,23,26)(H,24,25). The lowest BCUT2D eigenvalue weighted by Gasteiger charge is -2.33. The SMILES string of the molecule is O=C(NCCc1sc(NC23CC4CC(CC2C4)C3)nc1O)c1ccccc1Cl. The number of amides is 1. The zero-order chi connectivity index (χ0) is 19.3. The fraction of sp³-hybridized carbons (Fsp3) is 0.524. The Labute approximate surface area is 173 Å². The Morgan fingerprint density at radius 3 is 2.75 bits per heavy atom. The summed E-state index contributed by atoms with van der Waals surface area (Å²) in [6.07, 6.45) is 7.14. The van der Waals surface area contributed by atoms with Crippen LogP contribution in [0.3, 0.4) is 0 Å². The molecule has 4 aliphatic carbocycles. The number of halogens is 1. The van der Waals surface area contributed by atoms with Crippen LogP contribution in [0, 0.1) is 17.8 Å². The Balaban J connectivity index is 1.20. The third kappa shape index (κ3) is 3.16. The van der Waals surface area contributed by atoms with Crippen molar-refractivity contribution >= 4 is 34.0 Å². The van der Waals surface area contributed by atoms with Gasteiger partial charge in [0.25, 0.3) is 5.91 Å². The number of hydrogen-bond donors (Lipinski definition) is 3. The topological polar surface area (TPSA) is 74.2 Å². The molecule has 1 amide bonds. The molecule has 148 valence electrons. The Kier molecular flexibility index (Phi) is 4.51. The van der Waals surface area contributed by atoms with Gasteiger partial charge in [-0.3, -0.25) is 4.79 Å². The predicted octanol–water partition coefficient (Wildman–Crippen LogP) is 4.47. The lowest BCUT2D eigenvalue weighted by molar-refractivity contribution is 0.0954. The Bertz CT molecular complexity index is 901. The first-order valence-corrected chi connectivity index (χ1v) is 11.2. The number of aromatic hydroxyl groups is 1. The molecule has 0 aliphatic heterocycles. The van der Waals surface area contributed by atoms with E-state index in [9.17, 15) is 9.90 Å². The van der Waals surface area contributed by atoms with Crippen molar-refractivity contribution in [3.8, 4) is 5.88 Å². The molecule has 3 N–H and O–H groups in total. The monoisotopic (exact) mass is 417 g/mol. The van der Waals surface area contributed by atoms with Gasteiger partial charge in [0.15, 0.2) is 5.13 Å². The maximum Gasteiger partial charge on any atom is 0.252 e. The van der Waals surface area contributed by atoms with Crippen molar-refractivity contribution in [1.82, 2.24) is 10.3 Å². The van der Waals surface area contributed by atoms with Crippen molar-refractivity contribution in [3.63, 3.8) is 0 Å². The zero-order valence-electron chi connectivity index (χ0n) is 15.6. The van der Waals surface area contributed by atoms with Crippen LogP contribution >= 0.6 is 22.9 Å². The van der Waals surface area contributed by atoms with E-state index in [0.717, 1.165) is 27.8 Å². The number of nitrogens with zero attached hydrogens (tertiary/aromatic N) is 1. The molecule has 1 aromatic heterocycles. The Hall–Kier alpha value is -1.79. The second-order valence-corrected chi connectivity index (χ2v) is 10.1. The third-order valence-corrected chi connectivity index (χ3v) is 8.13. The molecule has 2 aromatic rings. The van der Waals surface area contributed by atoms with Crippen LogP contribution in [0.2, 0.25) is 5.02 Å². The largest absolute Gasteiger partial charge is 0.492 e. The molecule has 1 aromatic carbocycles. The average Bonchev–Trinajstić information content (AvgIpc) is 3.20. The normalized spacial score (nSPS) is 30.0. The summed E-state index contributed by atoms with van der Waals surface area (Å²) < 4.78 is 0. The minimum absolute atomic E-state index is 0.0774. The second-order valence-electron chi connectivity index (χ2n) is 8.58. The van der Waals surface area contributed by atoms with Crippen molar-refractivity contribution < 1.29 is 9.90 Å². The van der Waals surface area contributed by atoms with Crippen LogP contribution in [0.5, 0.6) is 5.88 Å². The van der Waals surface area contributed by atoms with E-state index >= 15 is 0 Å². The first kappa shape index (κ1) is 18.3. The van der Waals surface area contributed by atoms with Crippen LogP contribution in [0.15, 0.2) is 24.3 Å².